The third-order valence-electron chi connectivity index (χ3n) is 2.38. The van der Waals surface area contributed by atoms with E-state index in [4.69, 9.17) is 10.9 Å². The van der Waals surface area contributed by atoms with Crippen molar-refractivity contribution in [2.45, 2.75) is 16.8 Å². The molecule has 19 heavy (non-hydrogen) atoms. The normalized spacial score (nSPS) is 11.6. The summed E-state index contributed by atoms with van der Waals surface area (Å²) < 4.78 is 1.01. The minimum absolute atomic E-state index is 0.0828. The number of aryl methyl sites for hydroxylation is 1. The lowest BCUT2D eigenvalue weighted by Crippen LogP contribution is -2.13. The van der Waals surface area contributed by atoms with Crippen LogP contribution in [0.2, 0.25) is 0 Å². The van der Waals surface area contributed by atoms with Crippen molar-refractivity contribution in [3.05, 3.63) is 52.1 Å². The van der Waals surface area contributed by atoms with Crippen LogP contribution in [0.5, 0.6) is 0 Å². The Morgan fingerprint density at radius 2 is 2.11 bits per heavy atom. The van der Waals surface area contributed by atoms with Crippen molar-refractivity contribution < 1.29 is 5.21 Å². The number of hydrogen-bond donors (Lipinski definition) is 2. The molecule has 0 fully saturated rings. The largest absolute Gasteiger partial charge is 0.409 e. The van der Waals surface area contributed by atoms with Crippen LogP contribution in [0.15, 0.2) is 55.9 Å². The first kappa shape index (κ1) is 13.9. The maximum atomic E-state index is 8.73. The van der Waals surface area contributed by atoms with Gasteiger partial charge in [-0.25, -0.2) is 4.98 Å². The number of nitrogens with zero attached hydrogens (tertiary/aromatic N) is 2. The van der Waals surface area contributed by atoms with Gasteiger partial charge in [0.2, 0.25) is 0 Å². The number of rotatable bonds is 3. The van der Waals surface area contributed by atoms with Gasteiger partial charge in [0.05, 0.1) is 0 Å². The molecular formula is C13H12BrN3OS. The topological polar surface area (TPSA) is 71.5 Å². The second-order valence-corrected chi connectivity index (χ2v) is 5.77. The Morgan fingerprint density at radius 3 is 2.79 bits per heavy atom. The average molecular weight is 338 g/mol. The third-order valence-corrected chi connectivity index (χ3v) is 4.33. The van der Waals surface area contributed by atoms with E-state index >= 15 is 0 Å². The molecule has 4 nitrogen and oxygen atoms in total. The molecule has 98 valence electrons. The number of halogens is 1. The van der Waals surface area contributed by atoms with Gasteiger partial charge in [-0.1, -0.05) is 29.1 Å². The molecule has 2 aromatic rings. The van der Waals surface area contributed by atoms with Crippen LogP contribution in [0.4, 0.5) is 0 Å². The van der Waals surface area contributed by atoms with Crippen molar-refractivity contribution >= 4 is 33.5 Å². The average Bonchev–Trinajstić information content (AvgIpc) is 2.40. The van der Waals surface area contributed by atoms with E-state index in [-0.39, 0.29) is 5.84 Å². The van der Waals surface area contributed by atoms with Crippen molar-refractivity contribution in [3.8, 4) is 0 Å². The van der Waals surface area contributed by atoms with Crippen LogP contribution in [-0.4, -0.2) is 16.0 Å². The first-order valence-electron chi connectivity index (χ1n) is 5.49. The number of amidine groups is 1. The van der Waals surface area contributed by atoms with Crippen LogP contribution in [0.25, 0.3) is 0 Å². The summed E-state index contributed by atoms with van der Waals surface area (Å²) in [6.45, 7) is 1.87. The molecule has 0 aliphatic rings. The molecule has 2 rings (SSSR count). The van der Waals surface area contributed by atoms with E-state index < -0.39 is 0 Å². The Morgan fingerprint density at radius 1 is 1.37 bits per heavy atom. The van der Waals surface area contributed by atoms with Gasteiger partial charge >= 0.3 is 0 Å². The van der Waals surface area contributed by atoms with Crippen LogP contribution in [0.1, 0.15) is 11.3 Å². The highest BCUT2D eigenvalue weighted by Crippen LogP contribution is 2.32. The van der Waals surface area contributed by atoms with Gasteiger partial charge in [0.1, 0.15) is 5.03 Å². The molecule has 6 heteroatoms. The summed E-state index contributed by atoms with van der Waals surface area (Å²) in [5, 5.41) is 12.5. The zero-order valence-electron chi connectivity index (χ0n) is 10.2. The number of benzene rings is 1. The van der Waals surface area contributed by atoms with Gasteiger partial charge in [-0.15, -0.1) is 0 Å². The van der Waals surface area contributed by atoms with Gasteiger partial charge < -0.3 is 10.9 Å². The van der Waals surface area contributed by atoms with Crippen LogP contribution >= 0.6 is 27.7 Å². The monoisotopic (exact) mass is 337 g/mol. The van der Waals surface area contributed by atoms with Crippen LogP contribution in [0.3, 0.4) is 0 Å². The summed E-state index contributed by atoms with van der Waals surface area (Å²) >= 11 is 5.02. The maximum absolute atomic E-state index is 8.73. The highest BCUT2D eigenvalue weighted by Gasteiger charge is 2.07. The molecule has 0 saturated heterocycles. The molecule has 0 unspecified atom stereocenters. The fraction of sp³-hybridized carbons (Fsp3) is 0.0769. The minimum Gasteiger partial charge on any atom is -0.409 e. The Kier molecular flexibility index (Phi) is 4.44. The summed E-state index contributed by atoms with van der Waals surface area (Å²) in [7, 11) is 0. The predicted molar refractivity (Wildman–Crippen MR) is 79.7 cm³/mol. The smallest absolute Gasteiger partial charge is 0.170 e. The number of hydrogen-bond acceptors (Lipinski definition) is 4. The zero-order valence-corrected chi connectivity index (χ0v) is 12.6. The summed E-state index contributed by atoms with van der Waals surface area (Å²) in [5.41, 5.74) is 7.08. The van der Waals surface area contributed by atoms with Crippen LogP contribution < -0.4 is 5.73 Å². The first-order chi connectivity index (χ1) is 9.10. The highest BCUT2D eigenvalue weighted by molar-refractivity contribution is 9.10. The van der Waals surface area contributed by atoms with Gasteiger partial charge in [0, 0.05) is 20.6 Å². The van der Waals surface area contributed by atoms with E-state index in [0.717, 1.165) is 20.1 Å². The molecule has 0 amide bonds. The molecule has 0 bridgehead atoms. The lowest BCUT2D eigenvalue weighted by Gasteiger charge is -2.07. The summed E-state index contributed by atoms with van der Waals surface area (Å²) in [5.74, 6) is 0.0828. The van der Waals surface area contributed by atoms with E-state index in [9.17, 15) is 0 Å². The summed E-state index contributed by atoms with van der Waals surface area (Å²) in [4.78, 5) is 5.50. The second kappa shape index (κ2) is 6.08. The molecule has 0 atom stereocenters. The van der Waals surface area contributed by atoms with Gasteiger partial charge in [-0.2, -0.15) is 0 Å². The third kappa shape index (κ3) is 3.48. The van der Waals surface area contributed by atoms with Crippen molar-refractivity contribution in [1.29, 1.82) is 0 Å². The highest BCUT2D eigenvalue weighted by atomic mass is 79.9. The summed E-state index contributed by atoms with van der Waals surface area (Å²) in [6, 6.07) is 11.5. The van der Waals surface area contributed by atoms with Gasteiger partial charge in [-0.05, 0) is 47.1 Å². The first-order valence-corrected chi connectivity index (χ1v) is 7.10. The number of pyridine rings is 1. The van der Waals surface area contributed by atoms with E-state index in [1.54, 1.807) is 12.1 Å². The molecule has 0 saturated carbocycles. The van der Waals surface area contributed by atoms with E-state index in [1.807, 2.05) is 31.2 Å². The second-order valence-electron chi connectivity index (χ2n) is 3.85. The van der Waals surface area contributed by atoms with Crippen LogP contribution in [-0.2, 0) is 0 Å². The van der Waals surface area contributed by atoms with Crippen molar-refractivity contribution in [3.63, 3.8) is 0 Å². The predicted octanol–water partition coefficient (Wildman–Crippen LogP) is 3.40. The van der Waals surface area contributed by atoms with E-state index in [0.29, 0.717) is 5.56 Å². The minimum atomic E-state index is 0.0828. The Bertz CT molecular complexity index is 631. The van der Waals surface area contributed by atoms with Crippen LogP contribution in [0, 0.1) is 6.92 Å². The van der Waals surface area contributed by atoms with Crippen molar-refractivity contribution in [2.24, 2.45) is 10.9 Å². The van der Waals surface area contributed by atoms with Crippen molar-refractivity contribution in [2.75, 3.05) is 0 Å². The number of oxime groups is 1. The molecule has 3 N–H and O–H groups in total. The SMILES string of the molecule is Cc1cc(/C(N)=N/O)cc(Sc2ccccc2Br)n1. The maximum Gasteiger partial charge on any atom is 0.170 e. The van der Waals surface area contributed by atoms with Gasteiger partial charge in [0.25, 0.3) is 0 Å². The Labute approximate surface area is 123 Å². The molecule has 1 aromatic carbocycles. The molecule has 0 radical (unpaired) electrons. The van der Waals surface area contributed by atoms with E-state index in [2.05, 4.69) is 26.1 Å². The van der Waals surface area contributed by atoms with E-state index in [1.165, 1.54) is 11.8 Å². The number of aromatic nitrogens is 1. The van der Waals surface area contributed by atoms with Gasteiger partial charge in [0.15, 0.2) is 5.84 Å². The fourth-order valence-corrected chi connectivity index (χ4v) is 2.98. The molecule has 1 aromatic heterocycles. The number of nitrogens with two attached hydrogens (primary N) is 1. The lowest BCUT2D eigenvalue weighted by atomic mass is 10.2. The molecule has 0 spiro atoms. The van der Waals surface area contributed by atoms with Crippen molar-refractivity contribution in [1.82, 2.24) is 4.98 Å². The molecular weight excluding hydrogens is 326 g/mol. The molecule has 0 aliphatic carbocycles. The molecule has 0 aliphatic heterocycles. The Hall–Kier alpha value is -1.53. The molecule has 1 heterocycles. The standard InChI is InChI=1S/C13H12BrN3OS/c1-8-6-9(13(15)17-18)7-12(16-8)19-11-5-3-2-4-10(11)14/h2-7,18H,1H3,(H2,15,17). The fourth-order valence-electron chi connectivity index (χ4n) is 1.54. The summed E-state index contributed by atoms with van der Waals surface area (Å²) in [6.07, 6.45) is 0. The Balaban J connectivity index is 2.36. The zero-order chi connectivity index (χ0) is 13.8. The lowest BCUT2D eigenvalue weighted by molar-refractivity contribution is 0.318. The quantitative estimate of drug-likeness (QED) is 0.389. The van der Waals surface area contributed by atoms with Gasteiger partial charge in [-0.3, -0.25) is 0 Å².